The summed E-state index contributed by atoms with van der Waals surface area (Å²) in [6, 6.07) is -2.07. The molecule has 3 amide bonds. The van der Waals surface area contributed by atoms with Crippen molar-refractivity contribution in [1.82, 2.24) is 16.0 Å². The molecule has 0 heterocycles. The highest BCUT2D eigenvalue weighted by molar-refractivity contribution is 5.94. The van der Waals surface area contributed by atoms with Gasteiger partial charge in [0.25, 0.3) is 0 Å². The quantitative estimate of drug-likeness (QED) is 0.252. The zero-order valence-electron chi connectivity index (χ0n) is 21.3. The number of methoxy groups -OCH3 is 1. The Bertz CT molecular complexity index is 856. The number of aliphatic hydroxyl groups is 1. The van der Waals surface area contributed by atoms with Crippen LogP contribution in [0, 0.1) is 17.8 Å². The number of fused-ring (bicyclic) bond motifs is 1. The highest BCUT2D eigenvalue weighted by Crippen LogP contribution is 2.64. The molecule has 12 nitrogen and oxygen atoms in total. The largest absolute Gasteiger partial charge is 0.469 e. The van der Waals surface area contributed by atoms with Gasteiger partial charge in [-0.2, -0.15) is 0 Å². The molecule has 0 spiro atoms. The van der Waals surface area contributed by atoms with Gasteiger partial charge in [0.15, 0.2) is 0 Å². The maximum Gasteiger partial charge on any atom is 0.408 e. The number of amides is 3. The molecule has 4 N–H and O–H groups in total. The van der Waals surface area contributed by atoms with E-state index in [0.717, 1.165) is 0 Å². The molecule has 0 radical (unpaired) electrons. The van der Waals surface area contributed by atoms with E-state index < -0.39 is 65.1 Å². The van der Waals surface area contributed by atoms with Gasteiger partial charge in [-0.3, -0.25) is 14.4 Å². The van der Waals surface area contributed by atoms with Crippen molar-refractivity contribution in [2.75, 3.05) is 13.7 Å². The second kappa shape index (κ2) is 10.8. The van der Waals surface area contributed by atoms with Gasteiger partial charge in [0, 0.05) is 18.8 Å². The number of ether oxygens (including phenoxy) is 3. The minimum absolute atomic E-state index is 0.0000573. The predicted octanol–water partition coefficient (Wildman–Crippen LogP) is 0.0123. The molecule has 0 unspecified atom stereocenters. The van der Waals surface area contributed by atoms with Crippen LogP contribution in [0.15, 0.2) is 0 Å². The third-order valence-electron chi connectivity index (χ3n) is 6.27. The monoisotopic (exact) mass is 499 g/mol. The Morgan fingerprint density at radius 2 is 1.66 bits per heavy atom. The Morgan fingerprint density at radius 1 is 1.06 bits per heavy atom. The summed E-state index contributed by atoms with van der Waals surface area (Å²) in [6.45, 7) is 9.59. The SMILES string of the molecule is CCOC(=O)[C@]1(NC(=O)[C@H](C)NC(=O)[C@H](C)NC(=O)OC(C)(C)C)C[C@H](O)[C@H]2[C@H](CC(=O)OC)[C@H]21. The average Bonchev–Trinajstić information content (AvgIpc) is 3.36. The number of carbonyl (C=O) groups is 5. The molecule has 198 valence electrons. The Balaban J connectivity index is 2.08. The van der Waals surface area contributed by atoms with Crippen LogP contribution < -0.4 is 16.0 Å². The van der Waals surface area contributed by atoms with Crippen LogP contribution in [0.1, 0.15) is 54.4 Å². The molecule has 0 bridgehead atoms. The summed E-state index contributed by atoms with van der Waals surface area (Å²) in [7, 11) is 1.25. The molecule has 0 saturated heterocycles. The van der Waals surface area contributed by atoms with Gasteiger partial charge in [0.05, 0.1) is 19.8 Å². The fourth-order valence-electron chi connectivity index (χ4n) is 4.71. The van der Waals surface area contributed by atoms with Gasteiger partial charge >= 0.3 is 18.0 Å². The molecule has 12 heteroatoms. The maximum absolute atomic E-state index is 13.0. The number of nitrogens with one attached hydrogen (secondary N) is 3. The molecule has 35 heavy (non-hydrogen) atoms. The summed E-state index contributed by atoms with van der Waals surface area (Å²) in [5.41, 5.74) is -2.28. The molecule has 0 aliphatic heterocycles. The zero-order valence-corrected chi connectivity index (χ0v) is 21.3. The molecule has 0 aromatic rings. The summed E-state index contributed by atoms with van der Waals surface area (Å²) in [5, 5.41) is 18.1. The van der Waals surface area contributed by atoms with E-state index in [2.05, 4.69) is 16.0 Å². The van der Waals surface area contributed by atoms with Crippen LogP contribution in [0.3, 0.4) is 0 Å². The van der Waals surface area contributed by atoms with Crippen LogP contribution in [-0.2, 0) is 33.4 Å². The molecule has 2 saturated carbocycles. The van der Waals surface area contributed by atoms with E-state index in [9.17, 15) is 29.1 Å². The van der Waals surface area contributed by atoms with Crippen molar-refractivity contribution in [3.05, 3.63) is 0 Å². The van der Waals surface area contributed by atoms with Gasteiger partial charge in [0.1, 0.15) is 23.2 Å². The first-order chi connectivity index (χ1) is 16.2. The number of aliphatic hydroxyl groups excluding tert-OH is 1. The van der Waals surface area contributed by atoms with Crippen molar-refractivity contribution < 1.29 is 43.3 Å². The Labute approximate surface area is 204 Å². The smallest absolute Gasteiger partial charge is 0.408 e. The zero-order chi connectivity index (χ0) is 26.7. The standard InChI is InChI=1S/C23H37N3O9/c1-8-34-20(31)23(10-14(27)16-13(17(16)23)9-15(28)33-7)26-19(30)12(3)24-18(29)11(2)25-21(32)35-22(4,5)6/h11-14,16-17,27H,8-10H2,1-7H3,(H,24,29)(H,25,32)(H,26,30)/t11-,12-,13-,14-,16+,17+,23-/m0/s1. The highest BCUT2D eigenvalue weighted by Gasteiger charge is 2.73. The van der Waals surface area contributed by atoms with Crippen molar-refractivity contribution >= 4 is 29.8 Å². The molecule has 7 atom stereocenters. The summed E-state index contributed by atoms with van der Waals surface area (Å²) in [5.74, 6) is -3.70. The van der Waals surface area contributed by atoms with Crippen molar-refractivity contribution in [3.8, 4) is 0 Å². The van der Waals surface area contributed by atoms with E-state index >= 15 is 0 Å². The highest BCUT2D eigenvalue weighted by atomic mass is 16.6. The number of rotatable bonds is 9. The number of hydrogen-bond donors (Lipinski definition) is 4. The van der Waals surface area contributed by atoms with Crippen LogP contribution >= 0.6 is 0 Å². The van der Waals surface area contributed by atoms with E-state index in [1.807, 2.05) is 0 Å². The Hall–Kier alpha value is -2.89. The lowest BCUT2D eigenvalue weighted by atomic mass is 9.88. The topological polar surface area (TPSA) is 169 Å². The van der Waals surface area contributed by atoms with Crippen molar-refractivity contribution in [2.24, 2.45) is 17.8 Å². The lowest BCUT2D eigenvalue weighted by Crippen LogP contribution is -2.61. The Kier molecular flexibility index (Phi) is 8.75. The first-order valence-corrected chi connectivity index (χ1v) is 11.7. The van der Waals surface area contributed by atoms with Crippen LogP contribution in [0.5, 0.6) is 0 Å². The summed E-state index contributed by atoms with van der Waals surface area (Å²) in [6.07, 6.45) is -1.76. The molecular formula is C23H37N3O9. The van der Waals surface area contributed by atoms with E-state index in [4.69, 9.17) is 14.2 Å². The lowest BCUT2D eigenvalue weighted by molar-refractivity contribution is -0.156. The van der Waals surface area contributed by atoms with E-state index in [1.165, 1.54) is 21.0 Å². The molecule has 2 rings (SSSR count). The minimum atomic E-state index is -1.53. The minimum Gasteiger partial charge on any atom is -0.469 e. The lowest BCUT2D eigenvalue weighted by Gasteiger charge is -2.33. The fourth-order valence-corrected chi connectivity index (χ4v) is 4.71. The van der Waals surface area contributed by atoms with Crippen LogP contribution in [0.2, 0.25) is 0 Å². The molecule has 2 fully saturated rings. The average molecular weight is 500 g/mol. The van der Waals surface area contributed by atoms with Crippen LogP contribution in [-0.4, -0.2) is 78.0 Å². The first kappa shape index (κ1) is 28.3. The molecular weight excluding hydrogens is 462 g/mol. The normalized spacial score (nSPS) is 28.6. The van der Waals surface area contributed by atoms with Crippen molar-refractivity contribution in [1.29, 1.82) is 0 Å². The van der Waals surface area contributed by atoms with Gasteiger partial charge in [-0.05, 0) is 53.4 Å². The molecule has 0 aromatic carbocycles. The van der Waals surface area contributed by atoms with Crippen LogP contribution in [0.25, 0.3) is 0 Å². The molecule has 0 aromatic heterocycles. The van der Waals surface area contributed by atoms with Gasteiger partial charge in [-0.25, -0.2) is 9.59 Å². The Morgan fingerprint density at radius 3 is 2.20 bits per heavy atom. The van der Waals surface area contributed by atoms with Gasteiger partial charge in [-0.1, -0.05) is 0 Å². The predicted molar refractivity (Wildman–Crippen MR) is 122 cm³/mol. The number of alkyl carbamates (subject to hydrolysis) is 1. The first-order valence-electron chi connectivity index (χ1n) is 11.7. The third kappa shape index (κ3) is 6.62. The van der Waals surface area contributed by atoms with E-state index in [-0.39, 0.29) is 31.3 Å². The van der Waals surface area contributed by atoms with Gasteiger partial charge in [0.2, 0.25) is 11.8 Å². The molecule has 2 aliphatic rings. The third-order valence-corrected chi connectivity index (χ3v) is 6.27. The number of hydrogen-bond acceptors (Lipinski definition) is 9. The fraction of sp³-hybridized carbons (Fsp3) is 0.783. The summed E-state index contributed by atoms with van der Waals surface area (Å²) >= 11 is 0. The van der Waals surface area contributed by atoms with Gasteiger partial charge < -0.3 is 35.3 Å². The number of esters is 2. The molecule has 2 aliphatic carbocycles. The van der Waals surface area contributed by atoms with Gasteiger partial charge in [-0.15, -0.1) is 0 Å². The van der Waals surface area contributed by atoms with Crippen molar-refractivity contribution in [2.45, 2.75) is 83.7 Å². The second-order valence-electron chi connectivity index (χ2n) is 10.1. The van der Waals surface area contributed by atoms with E-state index in [0.29, 0.717) is 0 Å². The summed E-state index contributed by atoms with van der Waals surface area (Å²) < 4.78 is 15.0. The van der Waals surface area contributed by atoms with E-state index in [1.54, 1.807) is 27.7 Å². The van der Waals surface area contributed by atoms with Crippen LogP contribution in [0.4, 0.5) is 4.79 Å². The van der Waals surface area contributed by atoms with Crippen molar-refractivity contribution in [3.63, 3.8) is 0 Å². The summed E-state index contributed by atoms with van der Waals surface area (Å²) in [4.78, 5) is 62.2. The maximum atomic E-state index is 13.0. The second-order valence-corrected chi connectivity index (χ2v) is 10.1. The number of carbonyl (C=O) groups excluding carboxylic acids is 5.